The van der Waals surface area contributed by atoms with Crippen molar-refractivity contribution in [2.75, 3.05) is 19.0 Å². The van der Waals surface area contributed by atoms with Gasteiger partial charge in [0.25, 0.3) is 0 Å². The summed E-state index contributed by atoms with van der Waals surface area (Å²) in [6, 6.07) is 5.79. The lowest BCUT2D eigenvalue weighted by Gasteiger charge is -2.29. The van der Waals surface area contributed by atoms with Crippen molar-refractivity contribution in [2.45, 2.75) is 132 Å². The zero-order valence-corrected chi connectivity index (χ0v) is 33.2. The van der Waals surface area contributed by atoms with Crippen LogP contribution in [0.4, 0.5) is 9.93 Å². The Morgan fingerprint density at radius 2 is 1.75 bits per heavy atom. The SMILES string of the molecule is COc1ccc2c(O[C@@H]3CC4C(=O)N[C@]5(C(=O)O)C[C@@H]5/C=C\CCCCC[C@@H](NC(=O)OC5CCCC5)C(=O)N4C3)cc(-c3csc(NC4CCCC4)n3)nc2c1. The Labute approximate surface area is 336 Å². The van der Waals surface area contributed by atoms with Gasteiger partial charge in [-0.05, 0) is 76.3 Å². The van der Waals surface area contributed by atoms with Gasteiger partial charge >= 0.3 is 12.1 Å². The maximum absolute atomic E-state index is 14.6. The summed E-state index contributed by atoms with van der Waals surface area (Å²) < 4.78 is 18.0. The van der Waals surface area contributed by atoms with E-state index in [1.165, 1.54) is 29.1 Å². The predicted octanol–water partition coefficient (Wildman–Crippen LogP) is 6.59. The van der Waals surface area contributed by atoms with Crippen LogP contribution in [-0.4, -0.2) is 93.4 Å². The summed E-state index contributed by atoms with van der Waals surface area (Å²) in [7, 11) is 1.59. The molecule has 0 radical (unpaired) electrons. The van der Waals surface area contributed by atoms with Crippen molar-refractivity contribution in [3.63, 3.8) is 0 Å². The maximum Gasteiger partial charge on any atom is 0.408 e. The number of benzene rings is 1. The highest BCUT2D eigenvalue weighted by Crippen LogP contribution is 2.45. The number of nitrogens with zero attached hydrogens (tertiary/aromatic N) is 3. The third-order valence-corrected chi connectivity index (χ3v) is 13.0. The topological polar surface area (TPSA) is 181 Å². The molecular weight excluding hydrogens is 749 g/mol. The highest BCUT2D eigenvalue weighted by atomic mass is 32.1. The number of thiazole rings is 1. The van der Waals surface area contributed by atoms with Crippen LogP contribution >= 0.6 is 11.3 Å². The molecule has 3 aromatic rings. The van der Waals surface area contributed by atoms with E-state index in [1.807, 2.05) is 41.8 Å². The summed E-state index contributed by atoms with van der Waals surface area (Å²) in [5.74, 6) is -1.32. The van der Waals surface area contributed by atoms with E-state index < -0.39 is 47.6 Å². The summed E-state index contributed by atoms with van der Waals surface area (Å²) in [6.07, 6.45) is 14.4. The Bertz CT molecular complexity index is 2010. The number of carbonyl (C=O) groups is 4. The molecule has 3 aliphatic carbocycles. The third-order valence-electron chi connectivity index (χ3n) is 12.2. The highest BCUT2D eigenvalue weighted by Gasteiger charge is 2.61. The minimum atomic E-state index is -1.45. The Kier molecular flexibility index (Phi) is 11.5. The molecular formula is C42H52N6O8S. The molecule has 15 heteroatoms. The lowest BCUT2D eigenvalue weighted by molar-refractivity contribution is -0.145. The first kappa shape index (κ1) is 38.9. The van der Waals surface area contributed by atoms with Gasteiger partial charge in [-0.1, -0.05) is 37.8 Å². The number of alkyl carbamates (subject to hydrolysis) is 1. The second-order valence-electron chi connectivity index (χ2n) is 16.2. The van der Waals surface area contributed by atoms with Gasteiger partial charge in [-0.2, -0.15) is 0 Å². The number of amides is 3. The van der Waals surface area contributed by atoms with E-state index in [4.69, 9.17) is 24.2 Å². The largest absolute Gasteiger partial charge is 0.497 e. The van der Waals surface area contributed by atoms with E-state index >= 15 is 0 Å². The minimum Gasteiger partial charge on any atom is -0.497 e. The van der Waals surface area contributed by atoms with Gasteiger partial charge in [-0.25, -0.2) is 19.6 Å². The van der Waals surface area contributed by atoms with Gasteiger partial charge in [0.15, 0.2) is 5.13 Å². The highest BCUT2D eigenvalue weighted by molar-refractivity contribution is 7.14. The molecule has 1 aromatic carbocycles. The van der Waals surface area contributed by atoms with Crippen LogP contribution in [0.2, 0.25) is 0 Å². The van der Waals surface area contributed by atoms with Gasteiger partial charge in [0.1, 0.15) is 47.0 Å². The van der Waals surface area contributed by atoms with Crippen LogP contribution in [0.1, 0.15) is 96.3 Å². The standard InChI is InChI=1S/C42H52N6O8S/c1-54-28-17-18-30-32(19-28)44-33(34-24-57-40(45-34)43-26-12-7-8-13-26)21-36(30)55-29-20-35-37(49)47-42(39(51)52)22-25(42)11-5-3-2-4-6-16-31(38(50)48(35)23-29)46-41(53)56-27-14-9-10-15-27/h5,11,17-19,21,24-27,29,31,35H,2-4,6-10,12-16,20,22-23H2,1H3,(H,43,45)(H,46,53)(H,47,49)(H,51,52)/b11-5-/t25-,29+,31+,35?,42+/m0/s1. The average Bonchev–Trinajstić information content (AvgIpc) is 3.85. The van der Waals surface area contributed by atoms with Crippen LogP contribution in [-0.2, 0) is 19.1 Å². The smallest absolute Gasteiger partial charge is 0.408 e. The van der Waals surface area contributed by atoms with Gasteiger partial charge in [0, 0.05) is 41.3 Å². The van der Waals surface area contributed by atoms with Gasteiger partial charge in [-0.15, -0.1) is 11.3 Å². The Balaban J connectivity index is 1.09. The number of nitrogens with one attached hydrogen (secondary N) is 3. The predicted molar refractivity (Wildman–Crippen MR) is 214 cm³/mol. The van der Waals surface area contributed by atoms with Crippen molar-refractivity contribution in [2.24, 2.45) is 5.92 Å². The zero-order chi connectivity index (χ0) is 39.5. The summed E-state index contributed by atoms with van der Waals surface area (Å²) >= 11 is 1.53. The fraction of sp³-hybridized carbons (Fsp3) is 0.571. The van der Waals surface area contributed by atoms with E-state index in [-0.39, 0.29) is 31.4 Å². The second-order valence-corrected chi connectivity index (χ2v) is 17.0. The normalized spacial score (nSPS) is 27.8. The van der Waals surface area contributed by atoms with Gasteiger partial charge in [0.05, 0.1) is 24.9 Å². The molecule has 304 valence electrons. The molecule has 2 aromatic heterocycles. The molecule has 14 nitrogen and oxygen atoms in total. The molecule has 4 N–H and O–H groups in total. The summed E-state index contributed by atoms with van der Waals surface area (Å²) in [6.45, 7) is 0.0393. The van der Waals surface area contributed by atoms with Gasteiger partial charge < -0.3 is 40.2 Å². The van der Waals surface area contributed by atoms with E-state index in [0.717, 1.165) is 62.9 Å². The first-order valence-electron chi connectivity index (χ1n) is 20.6. The number of carboxylic acid groups (broad SMARTS) is 1. The Morgan fingerprint density at radius 3 is 2.54 bits per heavy atom. The number of methoxy groups -OCH3 is 1. The molecule has 8 rings (SSSR count). The number of hydrogen-bond donors (Lipinski definition) is 4. The Hall–Kier alpha value is -4.92. The van der Waals surface area contributed by atoms with Crippen molar-refractivity contribution in [1.29, 1.82) is 0 Å². The molecule has 4 heterocycles. The first-order valence-corrected chi connectivity index (χ1v) is 21.4. The van der Waals surface area contributed by atoms with Crippen molar-refractivity contribution < 1.29 is 38.5 Å². The van der Waals surface area contributed by atoms with Crippen LogP contribution in [0.5, 0.6) is 11.5 Å². The number of ether oxygens (including phenoxy) is 3. The second kappa shape index (κ2) is 16.9. The molecule has 1 saturated heterocycles. The van der Waals surface area contributed by atoms with Crippen LogP contribution in [0, 0.1) is 5.92 Å². The molecule has 1 unspecified atom stereocenters. The van der Waals surface area contributed by atoms with Gasteiger partial charge in [-0.3, -0.25) is 9.59 Å². The van der Waals surface area contributed by atoms with Crippen molar-refractivity contribution in [1.82, 2.24) is 25.5 Å². The number of carbonyl (C=O) groups excluding carboxylic acids is 3. The number of allylic oxidation sites excluding steroid dienone is 1. The molecule has 2 aliphatic heterocycles. The van der Waals surface area contributed by atoms with Crippen molar-refractivity contribution in [3.8, 4) is 22.9 Å². The van der Waals surface area contributed by atoms with Crippen molar-refractivity contribution in [3.05, 3.63) is 41.8 Å². The van der Waals surface area contributed by atoms with E-state index in [2.05, 4.69) is 16.0 Å². The molecule has 0 spiro atoms. The minimum absolute atomic E-state index is 0.0393. The molecule has 0 bridgehead atoms. The zero-order valence-electron chi connectivity index (χ0n) is 32.4. The van der Waals surface area contributed by atoms with Crippen molar-refractivity contribution >= 4 is 51.2 Å². The maximum atomic E-state index is 14.6. The van der Waals surface area contributed by atoms with E-state index in [0.29, 0.717) is 52.7 Å². The van der Waals surface area contributed by atoms with Gasteiger partial charge in [0.2, 0.25) is 11.8 Å². The number of pyridine rings is 1. The van der Waals surface area contributed by atoms with Crippen LogP contribution in [0.3, 0.4) is 0 Å². The average molecular weight is 801 g/mol. The third kappa shape index (κ3) is 8.68. The summed E-state index contributed by atoms with van der Waals surface area (Å²) in [5, 5.41) is 23.0. The number of anilines is 1. The fourth-order valence-electron chi connectivity index (χ4n) is 8.89. The molecule has 5 atom stereocenters. The number of hydrogen-bond acceptors (Lipinski definition) is 11. The van der Waals surface area contributed by atoms with E-state index in [1.54, 1.807) is 7.11 Å². The first-order chi connectivity index (χ1) is 27.7. The quantitative estimate of drug-likeness (QED) is 0.172. The summed E-state index contributed by atoms with van der Waals surface area (Å²) in [4.78, 5) is 65.9. The molecule has 5 aliphatic rings. The lowest BCUT2D eigenvalue weighted by atomic mass is 10.0. The van der Waals surface area contributed by atoms with Crippen LogP contribution in [0.25, 0.3) is 22.3 Å². The fourth-order valence-corrected chi connectivity index (χ4v) is 9.68. The number of rotatable bonds is 9. The monoisotopic (exact) mass is 800 g/mol. The molecule has 4 fully saturated rings. The van der Waals surface area contributed by atoms with E-state index in [9.17, 15) is 24.3 Å². The Morgan fingerprint density at radius 1 is 0.965 bits per heavy atom. The number of aliphatic carboxylic acids is 1. The number of aromatic nitrogens is 2. The number of carboxylic acids is 1. The van der Waals surface area contributed by atoms with Crippen LogP contribution in [0.15, 0.2) is 41.8 Å². The van der Waals surface area contributed by atoms with Crippen LogP contribution < -0.4 is 25.4 Å². The molecule has 3 saturated carbocycles. The lowest BCUT2D eigenvalue weighted by Crippen LogP contribution is -2.56. The molecule has 57 heavy (non-hydrogen) atoms. The summed E-state index contributed by atoms with van der Waals surface area (Å²) in [5.41, 5.74) is 0.472. The number of fused-ring (bicyclic) bond motifs is 3. The molecule has 3 amide bonds.